The number of aliphatic carboxylic acids is 1. The molecule has 2 aliphatic rings. The number of carboxylic acid groups (broad SMARTS) is 1. The van der Waals surface area contributed by atoms with Gasteiger partial charge in [0, 0.05) is 42.7 Å². The van der Waals surface area contributed by atoms with E-state index in [0.29, 0.717) is 50.3 Å². The average molecular weight is 935 g/mol. The summed E-state index contributed by atoms with van der Waals surface area (Å²) in [7, 11) is 0. The number of carbonyl (C=O) groups excluding carboxylic acids is 9. The van der Waals surface area contributed by atoms with Crippen LogP contribution in [0.1, 0.15) is 82.6 Å². The van der Waals surface area contributed by atoms with Gasteiger partial charge in [-0.25, -0.2) is 10.3 Å². The molecule has 2 aliphatic heterocycles. The molecule has 360 valence electrons. The number of aryl methyl sites for hydroxylation is 1. The van der Waals surface area contributed by atoms with Crippen molar-refractivity contribution in [1.29, 1.82) is 0 Å². The van der Waals surface area contributed by atoms with E-state index in [9.17, 15) is 58.2 Å². The van der Waals surface area contributed by atoms with Crippen LogP contribution >= 0.6 is 11.8 Å². The molecule has 23 nitrogen and oxygen atoms in total. The van der Waals surface area contributed by atoms with Crippen LogP contribution in [-0.2, 0) is 49.6 Å². The number of hydrogen-bond acceptors (Lipinski definition) is 13. The zero-order chi connectivity index (χ0) is 47.7. The van der Waals surface area contributed by atoms with Crippen molar-refractivity contribution in [2.24, 2.45) is 11.7 Å². The SMILES string of the molecule is NC(=O)[C@H](CCCCNC(=O)CCCC[C@@H]1SC[C@@H]2NC(=O)N[C@@H]21)NC(=O)CNC(=O)CNC(=O)[C@H](CO)NC(=O)[C@H](CCC(=O)O)NC(=O)C(CCCc1ccccc1)CC(=O)NO. The quantitative estimate of drug-likeness (QED) is 0.0159. The number of hydroxylamine groups is 1. The van der Waals surface area contributed by atoms with Crippen LogP contribution in [0.4, 0.5) is 4.79 Å². The molecule has 0 bridgehead atoms. The predicted molar refractivity (Wildman–Crippen MR) is 233 cm³/mol. The smallest absolute Gasteiger partial charge is 0.315 e. The fourth-order valence-corrected chi connectivity index (χ4v) is 8.76. The van der Waals surface area contributed by atoms with Gasteiger partial charge in [0.1, 0.15) is 18.1 Å². The summed E-state index contributed by atoms with van der Waals surface area (Å²) in [6.07, 6.45) is 3.62. The summed E-state index contributed by atoms with van der Waals surface area (Å²) >= 11 is 1.82. The Bertz CT molecular complexity index is 1810. The Labute approximate surface area is 380 Å². The molecule has 0 saturated carbocycles. The highest BCUT2D eigenvalue weighted by Crippen LogP contribution is 2.33. The number of thioether (sulfide) groups is 1. The third kappa shape index (κ3) is 20.1. The van der Waals surface area contributed by atoms with Crippen LogP contribution in [0.3, 0.4) is 0 Å². The highest BCUT2D eigenvalue weighted by molar-refractivity contribution is 8.00. The first-order chi connectivity index (χ1) is 31.1. The molecule has 0 radical (unpaired) electrons. The number of carbonyl (C=O) groups is 10. The molecule has 3 rings (SSSR count). The van der Waals surface area contributed by atoms with Crippen molar-refractivity contribution in [3.05, 3.63) is 35.9 Å². The number of urea groups is 1. The topological polar surface area (TPSA) is 366 Å². The lowest BCUT2D eigenvalue weighted by Crippen LogP contribution is -2.56. The third-order valence-corrected chi connectivity index (χ3v) is 12.3. The molecule has 0 aromatic heterocycles. The number of carboxylic acids is 1. The number of aliphatic hydroxyl groups excluding tert-OH is 1. The van der Waals surface area contributed by atoms with E-state index in [1.54, 1.807) is 0 Å². The van der Waals surface area contributed by atoms with Crippen LogP contribution in [0.5, 0.6) is 0 Å². The van der Waals surface area contributed by atoms with Gasteiger partial charge >= 0.3 is 12.0 Å². The van der Waals surface area contributed by atoms with Gasteiger partial charge < -0.3 is 58.5 Å². The van der Waals surface area contributed by atoms with Gasteiger partial charge in [0.25, 0.3) is 0 Å². The maximum Gasteiger partial charge on any atom is 0.315 e. The number of nitrogens with one attached hydrogen (secondary N) is 9. The average Bonchev–Trinajstić information content (AvgIpc) is 3.84. The molecule has 7 atom stereocenters. The van der Waals surface area contributed by atoms with Crippen molar-refractivity contribution in [2.45, 2.75) is 119 Å². The lowest BCUT2D eigenvalue weighted by Gasteiger charge is -2.24. The third-order valence-electron chi connectivity index (χ3n) is 10.8. The highest BCUT2D eigenvalue weighted by atomic mass is 32.2. The van der Waals surface area contributed by atoms with Crippen LogP contribution in [0.15, 0.2) is 30.3 Å². The van der Waals surface area contributed by atoms with E-state index in [1.165, 1.54) is 5.48 Å². The maximum atomic E-state index is 13.3. The van der Waals surface area contributed by atoms with Crippen molar-refractivity contribution in [1.82, 2.24) is 48.0 Å². The summed E-state index contributed by atoms with van der Waals surface area (Å²) < 4.78 is 0. The van der Waals surface area contributed by atoms with Crippen LogP contribution < -0.4 is 53.7 Å². The van der Waals surface area contributed by atoms with Crippen LogP contribution in [0, 0.1) is 5.92 Å². The second kappa shape index (κ2) is 28.7. The summed E-state index contributed by atoms with van der Waals surface area (Å²) in [6.45, 7) is -1.92. The lowest BCUT2D eigenvalue weighted by molar-refractivity contribution is -0.139. The van der Waals surface area contributed by atoms with Crippen LogP contribution in [0.25, 0.3) is 0 Å². The number of rotatable bonds is 31. The molecular formula is C41H62N10O13S. The van der Waals surface area contributed by atoms with Crippen molar-refractivity contribution in [2.75, 3.05) is 32.0 Å². The highest BCUT2D eigenvalue weighted by Gasteiger charge is 2.42. The van der Waals surface area contributed by atoms with Gasteiger partial charge in [-0.2, -0.15) is 11.8 Å². The molecule has 0 spiro atoms. The van der Waals surface area contributed by atoms with Crippen molar-refractivity contribution < 1.29 is 63.4 Å². The number of fused-ring (bicyclic) bond motifs is 1. The largest absolute Gasteiger partial charge is 0.481 e. The maximum absolute atomic E-state index is 13.3. The van der Waals surface area contributed by atoms with Crippen LogP contribution in [-0.4, -0.2) is 142 Å². The fourth-order valence-electron chi connectivity index (χ4n) is 7.21. The van der Waals surface area contributed by atoms with Gasteiger partial charge in [-0.15, -0.1) is 0 Å². The summed E-state index contributed by atoms with van der Waals surface area (Å²) in [5.74, 6) is -7.73. The summed E-state index contributed by atoms with van der Waals surface area (Å²) in [5, 5.41) is 48.7. The molecule has 2 heterocycles. The van der Waals surface area contributed by atoms with Gasteiger partial charge in [-0.3, -0.25) is 48.4 Å². The Morgan fingerprint density at radius 2 is 1.45 bits per heavy atom. The fraction of sp³-hybridized carbons (Fsp3) is 0.610. The van der Waals surface area contributed by atoms with Gasteiger partial charge in [0.2, 0.25) is 47.3 Å². The van der Waals surface area contributed by atoms with Crippen molar-refractivity contribution in [3.8, 4) is 0 Å². The monoisotopic (exact) mass is 934 g/mol. The van der Waals surface area contributed by atoms with Gasteiger partial charge in [0.15, 0.2) is 0 Å². The van der Waals surface area contributed by atoms with Crippen molar-refractivity contribution in [3.63, 3.8) is 0 Å². The van der Waals surface area contributed by atoms with Gasteiger partial charge in [0.05, 0.1) is 31.8 Å². The van der Waals surface area contributed by atoms with Gasteiger partial charge in [-0.1, -0.05) is 36.8 Å². The molecule has 10 amide bonds. The molecule has 2 fully saturated rings. The van der Waals surface area contributed by atoms with Gasteiger partial charge in [-0.05, 0) is 63.4 Å². The normalized spacial score (nSPS) is 17.9. The first-order valence-corrected chi connectivity index (χ1v) is 22.6. The lowest BCUT2D eigenvalue weighted by atomic mass is 9.94. The standard InChI is InChI=1S/C41H62N10O13S/c42-37(59)26(13-6-7-18-43-31(53)15-5-4-14-30-36-29(23-65-30)49-41(63)50-36)46-34(56)21-44-33(55)20-45-39(61)28(22-52)48-40(62)27(16-17-35(57)58)47-38(60)25(19-32(54)51-64)12-8-11-24-9-2-1-3-10-24/h1-3,9-10,25-30,36,52,64H,4-8,11-23H2,(H2,42,59)(H,43,53)(H,44,55)(H,45,61)(H,46,56)(H,47,60)(H,48,62)(H,51,54)(H,57,58)(H2,49,50,63)/t25?,26-,27-,28-,29-,30-,36-/m0/s1. The molecule has 1 unspecified atom stereocenters. The minimum atomic E-state index is -1.66. The first-order valence-electron chi connectivity index (χ1n) is 21.6. The van der Waals surface area contributed by atoms with E-state index in [1.807, 2.05) is 42.1 Å². The predicted octanol–water partition coefficient (Wildman–Crippen LogP) is -2.44. The van der Waals surface area contributed by atoms with Crippen molar-refractivity contribution >= 4 is 71.0 Å². The Balaban J connectivity index is 1.36. The number of aliphatic hydroxyl groups is 1. The second-order valence-electron chi connectivity index (χ2n) is 15.8. The summed E-state index contributed by atoms with van der Waals surface area (Å²) in [4.78, 5) is 123. The molecule has 0 aliphatic carbocycles. The number of primary amides is 1. The zero-order valence-corrected chi connectivity index (χ0v) is 36.9. The van der Waals surface area contributed by atoms with E-state index >= 15 is 0 Å². The summed E-state index contributed by atoms with van der Waals surface area (Å²) in [5.41, 5.74) is 7.88. The molecule has 2 saturated heterocycles. The Morgan fingerprint density at radius 1 is 0.723 bits per heavy atom. The first kappa shape index (κ1) is 53.3. The second-order valence-corrected chi connectivity index (χ2v) is 17.1. The number of unbranched alkanes of at least 4 members (excludes halogenated alkanes) is 2. The van der Waals surface area contributed by atoms with E-state index in [4.69, 9.17) is 10.9 Å². The minimum Gasteiger partial charge on any atom is -0.481 e. The Hall–Kier alpha value is -6.01. The number of nitrogens with two attached hydrogens (primary N) is 1. The molecule has 1 aromatic rings. The molecule has 14 N–H and O–H groups in total. The number of amides is 10. The van der Waals surface area contributed by atoms with Crippen LogP contribution in [0.2, 0.25) is 0 Å². The number of hydrogen-bond donors (Lipinski definition) is 13. The molecular weight excluding hydrogens is 873 g/mol. The van der Waals surface area contributed by atoms with E-state index in [0.717, 1.165) is 24.2 Å². The van der Waals surface area contributed by atoms with E-state index in [2.05, 4.69) is 42.5 Å². The summed E-state index contributed by atoms with van der Waals surface area (Å²) in [6, 6.07) is 5.18. The molecule has 65 heavy (non-hydrogen) atoms. The van der Waals surface area contributed by atoms with E-state index in [-0.39, 0.29) is 36.9 Å². The Kier molecular flexibility index (Phi) is 23.6. The molecule has 24 heteroatoms. The number of benzene rings is 1. The zero-order valence-electron chi connectivity index (χ0n) is 36.1. The minimum absolute atomic E-state index is 0.104. The Morgan fingerprint density at radius 3 is 2.14 bits per heavy atom. The molecule has 1 aromatic carbocycles. The van der Waals surface area contributed by atoms with E-state index < -0.39 is 110 Å².